The Morgan fingerprint density at radius 1 is 0.309 bits per heavy atom. The summed E-state index contributed by atoms with van der Waals surface area (Å²) in [7, 11) is 0. The van der Waals surface area contributed by atoms with Gasteiger partial charge in [0.25, 0.3) is 0 Å². The Balaban J connectivity index is 1.08. The topological polar surface area (TPSA) is 68.8 Å². The number of phenols is 2. The van der Waals surface area contributed by atoms with Gasteiger partial charge in [-0.05, 0) is 199 Å². The molecule has 2 aromatic heterocycles. The lowest BCUT2D eigenvalue weighted by Crippen LogP contribution is -2.25. The van der Waals surface area contributed by atoms with E-state index in [1.165, 1.54) is 12.1 Å². The van der Waals surface area contributed by atoms with Crippen LogP contribution in [0.1, 0.15) is 216 Å². The summed E-state index contributed by atoms with van der Waals surface area (Å²) in [4.78, 5) is 0. The van der Waals surface area contributed by atoms with E-state index in [-0.39, 0.29) is 97.4 Å². The smallest absolute Gasteiger partial charge is 0.416 e. The average Bonchev–Trinajstić information content (AvgIpc) is 1.63. The maximum absolute atomic E-state index is 15.1. The molecular weight excluding hydrogens is 1230 g/mol. The van der Waals surface area contributed by atoms with Crippen LogP contribution in [0.4, 0.5) is 26.3 Å². The second-order valence-electron chi connectivity index (χ2n) is 35.1. The lowest BCUT2D eigenvalue weighted by Gasteiger charge is -2.34. The van der Waals surface area contributed by atoms with Gasteiger partial charge in [-0.2, -0.15) is 26.3 Å². The molecule has 2 heterocycles. The first-order chi connectivity index (χ1) is 44.4. The van der Waals surface area contributed by atoms with Gasteiger partial charge in [0.1, 0.15) is 23.0 Å². The highest BCUT2D eigenvalue weighted by Crippen LogP contribution is 2.52. The van der Waals surface area contributed by atoms with Crippen LogP contribution in [0.5, 0.6) is 23.0 Å². The van der Waals surface area contributed by atoms with E-state index in [0.717, 1.165) is 101 Å². The Morgan fingerprint density at radius 3 is 0.814 bits per heavy atom. The summed E-state index contributed by atoms with van der Waals surface area (Å²) in [6.45, 7) is 47.1. The first-order valence-corrected chi connectivity index (χ1v) is 34.1. The van der Waals surface area contributed by atoms with Crippen molar-refractivity contribution in [2.75, 3.05) is 13.2 Å². The molecule has 0 atom stereocenters. The van der Waals surface area contributed by atoms with Gasteiger partial charge in [0.2, 0.25) is 0 Å². The average molecular weight is 1330 g/mol. The minimum Gasteiger partial charge on any atom is -0.505 e. The molecule has 0 radical (unpaired) electrons. The van der Waals surface area contributed by atoms with Gasteiger partial charge in [0.05, 0.1) is 57.8 Å². The summed E-state index contributed by atoms with van der Waals surface area (Å²) in [6, 6.07) is 39.5. The Kier molecular flexibility index (Phi) is 18.2. The maximum Gasteiger partial charge on any atom is 0.416 e. The third-order valence-electron chi connectivity index (χ3n) is 19.2. The van der Waals surface area contributed by atoms with Crippen molar-refractivity contribution in [1.82, 2.24) is 9.13 Å². The number of phenolic OH excluding ortho intramolecular Hbond substituents is 2. The molecule has 0 fully saturated rings. The van der Waals surface area contributed by atoms with E-state index in [2.05, 4.69) is 225 Å². The number of alkyl halides is 6. The maximum atomic E-state index is 15.1. The van der Waals surface area contributed by atoms with E-state index in [1.807, 2.05) is 21.3 Å². The van der Waals surface area contributed by atoms with Crippen LogP contribution in [0, 0.1) is 10.8 Å². The Labute approximate surface area is 571 Å². The van der Waals surface area contributed by atoms with Gasteiger partial charge in [-0.1, -0.05) is 177 Å². The third-order valence-corrected chi connectivity index (χ3v) is 19.2. The zero-order valence-electron chi connectivity index (χ0n) is 61.1. The van der Waals surface area contributed by atoms with E-state index in [9.17, 15) is 10.2 Å². The fourth-order valence-electron chi connectivity index (χ4n) is 14.6. The summed E-state index contributed by atoms with van der Waals surface area (Å²) in [5.74, 6) is -0.334. The number of fused-ring (bicyclic) bond motifs is 6. The van der Waals surface area contributed by atoms with Crippen LogP contribution in [0.15, 0.2) is 133 Å². The zero-order valence-corrected chi connectivity index (χ0v) is 61.1. The van der Waals surface area contributed by atoms with E-state index >= 15 is 26.3 Å². The zero-order chi connectivity index (χ0) is 71.7. The second kappa shape index (κ2) is 24.5. The van der Waals surface area contributed by atoms with Crippen molar-refractivity contribution < 1.29 is 46.0 Å². The van der Waals surface area contributed by atoms with Gasteiger partial charge in [-0.15, -0.1) is 0 Å². The molecule has 0 amide bonds. The minimum absolute atomic E-state index is 0.0202. The van der Waals surface area contributed by atoms with Gasteiger partial charge < -0.3 is 28.8 Å². The van der Waals surface area contributed by atoms with Gasteiger partial charge in [0.15, 0.2) is 0 Å². The highest BCUT2D eigenvalue weighted by molar-refractivity contribution is 6.11. The highest BCUT2D eigenvalue weighted by atomic mass is 19.4. The van der Waals surface area contributed by atoms with E-state index in [4.69, 9.17) is 9.47 Å². The molecule has 97 heavy (non-hydrogen) atoms. The van der Waals surface area contributed by atoms with Gasteiger partial charge >= 0.3 is 12.4 Å². The summed E-state index contributed by atoms with van der Waals surface area (Å²) < 4.78 is 108. The Hall–Kier alpha value is -7.86. The van der Waals surface area contributed by atoms with Gasteiger partial charge in [-0.3, -0.25) is 0 Å². The molecule has 10 rings (SSSR count). The fourth-order valence-corrected chi connectivity index (χ4v) is 14.6. The minimum atomic E-state index is -4.77. The van der Waals surface area contributed by atoms with E-state index in [0.29, 0.717) is 24.2 Å². The lowest BCUT2D eigenvalue weighted by molar-refractivity contribution is -0.138. The SMILES string of the molecule is CC(C)(C)CC(C)(C)c1cc(-c2cc(C(F)(F)F)ccc2OCCCOc2ccc(C(F)(F)F)cc2-c2cc(C(C)(C)CC(C)(C)C)cc(-n3c4ccc(C(C)(C)C)cc4c4cc(C(C)(C)C)ccc43)c2O)c(O)c(-n2c3ccc(C(C)(C)C)cc3c3cc(C(C)(C)C)ccc32)c1. The number of ether oxygens (including phenoxy) is 2. The van der Waals surface area contributed by atoms with Crippen molar-refractivity contribution in [3.05, 3.63) is 178 Å². The number of benzene rings is 8. The van der Waals surface area contributed by atoms with Crippen molar-refractivity contribution in [3.63, 3.8) is 0 Å². The predicted molar refractivity (Wildman–Crippen MR) is 390 cm³/mol. The van der Waals surface area contributed by atoms with Gasteiger partial charge in [0, 0.05) is 50.2 Å². The van der Waals surface area contributed by atoms with Crippen LogP contribution < -0.4 is 9.47 Å². The van der Waals surface area contributed by atoms with E-state index < -0.39 is 34.3 Å². The molecule has 10 aromatic rings. The Morgan fingerprint density at radius 2 is 0.567 bits per heavy atom. The largest absolute Gasteiger partial charge is 0.505 e. The molecule has 12 heteroatoms. The van der Waals surface area contributed by atoms with Crippen molar-refractivity contribution in [2.24, 2.45) is 10.8 Å². The normalized spacial score (nSPS) is 13.6. The first kappa shape index (κ1) is 71.9. The number of aromatic nitrogens is 2. The Bertz CT molecular complexity index is 4220. The van der Waals surface area contributed by atoms with Crippen LogP contribution >= 0.6 is 0 Å². The quantitative estimate of drug-likeness (QED) is 0.0841. The number of aromatic hydroxyl groups is 2. The van der Waals surface area contributed by atoms with E-state index in [1.54, 1.807) is 12.1 Å². The molecule has 516 valence electrons. The number of rotatable bonds is 14. The van der Waals surface area contributed by atoms with Crippen molar-refractivity contribution in [3.8, 4) is 56.6 Å². The number of hydrogen-bond acceptors (Lipinski definition) is 4. The third kappa shape index (κ3) is 14.8. The molecule has 0 aliphatic heterocycles. The van der Waals surface area contributed by atoms with Crippen LogP contribution in [0.25, 0.3) is 77.2 Å². The lowest BCUT2D eigenvalue weighted by atomic mass is 9.71. The van der Waals surface area contributed by atoms with Gasteiger partial charge in [-0.25, -0.2) is 0 Å². The molecule has 0 aliphatic rings. The molecule has 0 unspecified atom stereocenters. The fraction of sp³-hybridized carbons (Fsp3) is 0.435. The number of nitrogens with zero attached hydrogens (tertiary/aromatic N) is 2. The summed E-state index contributed by atoms with van der Waals surface area (Å²) in [5.41, 5.74) is 6.35. The number of hydrogen-bond donors (Lipinski definition) is 2. The summed E-state index contributed by atoms with van der Waals surface area (Å²) >= 11 is 0. The van der Waals surface area contributed by atoms with Crippen molar-refractivity contribution in [2.45, 2.75) is 216 Å². The van der Waals surface area contributed by atoms with Crippen molar-refractivity contribution >= 4 is 43.6 Å². The molecule has 0 saturated carbocycles. The molecule has 0 spiro atoms. The predicted octanol–water partition coefficient (Wildman–Crippen LogP) is 25.1. The number of halogens is 6. The van der Waals surface area contributed by atoms with Crippen LogP contribution in [-0.2, 0) is 44.8 Å². The first-order valence-electron chi connectivity index (χ1n) is 34.1. The molecule has 0 aliphatic carbocycles. The monoisotopic (exact) mass is 1330 g/mol. The molecule has 8 aromatic carbocycles. The summed E-state index contributed by atoms with van der Waals surface area (Å²) in [5, 5.41) is 30.0. The van der Waals surface area contributed by atoms with Crippen LogP contribution in [0.3, 0.4) is 0 Å². The molecule has 6 nitrogen and oxygen atoms in total. The van der Waals surface area contributed by atoms with Crippen LogP contribution in [0.2, 0.25) is 0 Å². The summed E-state index contributed by atoms with van der Waals surface area (Å²) in [6.07, 6.45) is -8.04. The second-order valence-corrected chi connectivity index (χ2v) is 35.1. The molecule has 0 bridgehead atoms. The van der Waals surface area contributed by atoms with Crippen LogP contribution in [-0.4, -0.2) is 32.6 Å². The van der Waals surface area contributed by atoms with Crippen molar-refractivity contribution in [1.29, 1.82) is 0 Å². The highest BCUT2D eigenvalue weighted by Gasteiger charge is 2.37. The molecule has 2 N–H and O–H groups in total. The molecule has 0 saturated heterocycles. The molecular formula is C85H100F6N2O4. The standard InChI is InChI=1S/C85H100F6N2O4/c1-76(2,3)48-82(19,20)56-44-64(74(94)70(46-56)92-66-30-24-50(78(7,8)9)38-58(66)59-39-51(79(10,11)12)25-31-67(59)92)62-42-54(84(86,87)88)28-34-72(62)96-36-23-37-97-73-35-29-55(85(89,90)91)43-63(73)65-45-57(83(21,22)49-77(4,5)6)47-71(75(65)95)93-68-32-26-52(80(13,14)15)40-60(68)61-41-53(81(16,17)18)27-33-69(61)93/h24-35,38-47,94-95H,23,36-37,48-49H2,1-22H3.